The molecule has 1 N–H and O–H groups in total. The maximum atomic E-state index is 12.4. The van der Waals surface area contributed by atoms with Gasteiger partial charge in [0.25, 0.3) is 0 Å². The molecule has 1 aromatic heterocycles. The highest BCUT2D eigenvalue weighted by atomic mass is 32.2. The average molecular weight is 462 g/mol. The Kier molecular flexibility index (Phi) is 6.97. The van der Waals surface area contributed by atoms with Gasteiger partial charge in [0.15, 0.2) is 9.84 Å². The average Bonchev–Trinajstić information content (AvgIpc) is 3.09. The number of thiophene rings is 1. The number of sulfone groups is 1. The van der Waals surface area contributed by atoms with Crippen LogP contribution in [0.3, 0.4) is 0 Å². The van der Waals surface area contributed by atoms with E-state index < -0.39 is 9.84 Å². The highest BCUT2D eigenvalue weighted by Gasteiger charge is 2.26. The number of nitrogens with zero attached hydrogens (tertiary/aromatic N) is 2. The van der Waals surface area contributed by atoms with Crippen LogP contribution in [0.15, 0.2) is 29.2 Å². The fourth-order valence-electron chi connectivity index (χ4n) is 3.39. The molecule has 0 fully saturated rings. The summed E-state index contributed by atoms with van der Waals surface area (Å²) in [5.74, 6) is 0.0354. The predicted molar refractivity (Wildman–Crippen MR) is 117 cm³/mol. The normalized spacial score (nSPS) is 13.3. The van der Waals surface area contributed by atoms with Crippen LogP contribution in [0, 0.1) is 11.3 Å². The van der Waals surface area contributed by atoms with E-state index in [9.17, 15) is 23.3 Å². The summed E-state index contributed by atoms with van der Waals surface area (Å²) in [7, 11) is -2.00. The molecule has 1 aliphatic rings. The summed E-state index contributed by atoms with van der Waals surface area (Å²) in [5.41, 5.74) is 1.31. The Labute approximate surface area is 185 Å². The lowest BCUT2D eigenvalue weighted by atomic mass is 10.0. The smallest absolute Gasteiger partial charge is 0.225 e. The summed E-state index contributed by atoms with van der Waals surface area (Å²) in [6.45, 7) is 2.48. The molecule has 0 radical (unpaired) electrons. The third-order valence-corrected chi connectivity index (χ3v) is 8.05. The summed E-state index contributed by atoms with van der Waals surface area (Å²) in [5, 5.41) is 12.7. The number of hydrogen-bond acceptors (Lipinski definition) is 7. The van der Waals surface area contributed by atoms with Gasteiger partial charge in [-0.3, -0.25) is 9.59 Å². The van der Waals surface area contributed by atoms with Crippen LogP contribution in [0.5, 0.6) is 5.75 Å². The van der Waals surface area contributed by atoms with E-state index in [1.54, 1.807) is 17.0 Å². The number of benzene rings is 1. The molecule has 3 rings (SSSR count). The van der Waals surface area contributed by atoms with E-state index in [0.717, 1.165) is 10.4 Å². The van der Waals surface area contributed by atoms with E-state index in [2.05, 4.69) is 11.4 Å². The number of carbonyl (C=O) groups excluding carboxylic acids is 2. The molecule has 2 heterocycles. The minimum absolute atomic E-state index is 0.0163. The molecule has 31 heavy (non-hydrogen) atoms. The quantitative estimate of drug-likeness (QED) is 0.678. The van der Waals surface area contributed by atoms with Crippen LogP contribution in [0.1, 0.15) is 35.8 Å². The Bertz CT molecular complexity index is 1130. The number of amides is 2. The zero-order valence-electron chi connectivity index (χ0n) is 17.3. The molecule has 0 aliphatic carbocycles. The Hall–Kier alpha value is -2.90. The summed E-state index contributed by atoms with van der Waals surface area (Å²) in [6.07, 6.45) is 0.748. The van der Waals surface area contributed by atoms with E-state index in [1.165, 1.54) is 37.5 Å². The SMILES string of the molecule is COc1ccc(S(=O)(=O)CCCC(=O)Nc2sc3c(c2C#N)CCN(C(C)=O)C3)cc1. The largest absolute Gasteiger partial charge is 0.497 e. The molecule has 0 bridgehead atoms. The number of methoxy groups -OCH3 is 1. The van der Waals surface area contributed by atoms with Gasteiger partial charge in [0.05, 0.1) is 29.9 Å². The van der Waals surface area contributed by atoms with Gasteiger partial charge in [-0.25, -0.2) is 8.42 Å². The number of ether oxygens (including phenoxy) is 1. The lowest BCUT2D eigenvalue weighted by Gasteiger charge is -2.25. The van der Waals surface area contributed by atoms with Crippen molar-refractivity contribution >= 4 is 38.0 Å². The van der Waals surface area contributed by atoms with Crippen LogP contribution in [0.4, 0.5) is 5.00 Å². The number of nitriles is 1. The van der Waals surface area contributed by atoms with Gasteiger partial charge in [0.2, 0.25) is 11.8 Å². The maximum Gasteiger partial charge on any atom is 0.225 e. The first-order valence-corrected chi connectivity index (χ1v) is 12.2. The van der Waals surface area contributed by atoms with Crippen molar-refractivity contribution in [1.29, 1.82) is 5.26 Å². The van der Waals surface area contributed by atoms with Crippen molar-refractivity contribution < 1.29 is 22.7 Å². The van der Waals surface area contributed by atoms with Crippen molar-refractivity contribution in [1.82, 2.24) is 4.90 Å². The Balaban J connectivity index is 1.60. The van der Waals surface area contributed by atoms with E-state index in [0.29, 0.717) is 35.8 Å². The molecule has 10 heteroatoms. The minimum Gasteiger partial charge on any atom is -0.497 e. The van der Waals surface area contributed by atoms with Crippen LogP contribution < -0.4 is 10.1 Å². The van der Waals surface area contributed by atoms with Gasteiger partial charge < -0.3 is 15.0 Å². The molecule has 0 saturated heterocycles. The minimum atomic E-state index is -3.51. The Morgan fingerprint density at radius 2 is 2.00 bits per heavy atom. The summed E-state index contributed by atoms with van der Waals surface area (Å²) in [6, 6.07) is 8.27. The van der Waals surface area contributed by atoms with Crippen molar-refractivity contribution in [3.8, 4) is 11.8 Å². The zero-order chi connectivity index (χ0) is 22.6. The molecular weight excluding hydrogens is 438 g/mol. The van der Waals surface area contributed by atoms with Crippen molar-refractivity contribution in [2.24, 2.45) is 0 Å². The van der Waals surface area contributed by atoms with Gasteiger partial charge in [0, 0.05) is 24.8 Å². The number of hydrogen-bond donors (Lipinski definition) is 1. The van der Waals surface area contributed by atoms with Gasteiger partial charge >= 0.3 is 0 Å². The third-order valence-electron chi connectivity index (χ3n) is 5.10. The van der Waals surface area contributed by atoms with Gasteiger partial charge in [-0.05, 0) is 42.7 Å². The fourth-order valence-corrected chi connectivity index (χ4v) is 5.93. The summed E-state index contributed by atoms with van der Waals surface area (Å²) < 4.78 is 29.9. The van der Waals surface area contributed by atoms with E-state index in [-0.39, 0.29) is 35.3 Å². The Morgan fingerprint density at radius 3 is 2.61 bits per heavy atom. The van der Waals surface area contributed by atoms with Crippen LogP contribution >= 0.6 is 11.3 Å². The first-order chi connectivity index (χ1) is 14.7. The lowest BCUT2D eigenvalue weighted by molar-refractivity contribution is -0.129. The monoisotopic (exact) mass is 461 g/mol. The Morgan fingerprint density at radius 1 is 1.29 bits per heavy atom. The van der Waals surface area contributed by atoms with Crippen LogP contribution in [0.2, 0.25) is 0 Å². The van der Waals surface area contributed by atoms with Gasteiger partial charge in [-0.15, -0.1) is 11.3 Å². The van der Waals surface area contributed by atoms with E-state index in [1.807, 2.05) is 0 Å². The summed E-state index contributed by atoms with van der Waals surface area (Å²) in [4.78, 5) is 26.8. The van der Waals surface area contributed by atoms with E-state index in [4.69, 9.17) is 4.74 Å². The molecule has 8 nitrogen and oxygen atoms in total. The maximum absolute atomic E-state index is 12.4. The van der Waals surface area contributed by atoms with Gasteiger partial charge in [-0.2, -0.15) is 5.26 Å². The van der Waals surface area contributed by atoms with Crippen LogP contribution in [0.25, 0.3) is 0 Å². The second kappa shape index (κ2) is 9.49. The fraction of sp³-hybridized carbons (Fsp3) is 0.381. The van der Waals surface area contributed by atoms with Gasteiger partial charge in [-0.1, -0.05) is 0 Å². The molecule has 0 spiro atoms. The number of carbonyl (C=O) groups is 2. The van der Waals surface area contributed by atoms with Crippen molar-refractivity contribution in [2.45, 2.75) is 37.6 Å². The number of fused-ring (bicyclic) bond motifs is 1. The van der Waals surface area contributed by atoms with Crippen molar-refractivity contribution in [3.63, 3.8) is 0 Å². The molecule has 0 saturated carbocycles. The van der Waals surface area contributed by atoms with Crippen LogP contribution in [-0.2, 0) is 32.4 Å². The molecule has 0 atom stereocenters. The highest BCUT2D eigenvalue weighted by molar-refractivity contribution is 7.91. The number of rotatable bonds is 7. The van der Waals surface area contributed by atoms with Crippen molar-refractivity contribution in [2.75, 3.05) is 24.7 Å². The molecule has 164 valence electrons. The van der Waals surface area contributed by atoms with Gasteiger partial charge in [0.1, 0.15) is 16.8 Å². The first kappa shape index (κ1) is 22.8. The van der Waals surface area contributed by atoms with Crippen LogP contribution in [-0.4, -0.2) is 44.5 Å². The number of anilines is 1. The number of nitrogens with one attached hydrogen (secondary N) is 1. The third kappa shape index (κ3) is 5.24. The molecular formula is C21H23N3O5S2. The van der Waals surface area contributed by atoms with Crippen molar-refractivity contribution in [3.05, 3.63) is 40.3 Å². The van der Waals surface area contributed by atoms with E-state index >= 15 is 0 Å². The first-order valence-electron chi connectivity index (χ1n) is 9.72. The molecule has 1 aliphatic heterocycles. The predicted octanol–water partition coefficient (Wildman–Crippen LogP) is 2.73. The molecule has 0 unspecified atom stereocenters. The topological polar surface area (TPSA) is 117 Å². The lowest BCUT2D eigenvalue weighted by Crippen LogP contribution is -2.33. The molecule has 2 amide bonds. The second-order valence-electron chi connectivity index (χ2n) is 7.16. The standard InChI is InChI=1S/C21H23N3O5S2/c1-14(25)24-10-9-17-18(12-22)21(30-19(17)13-24)23-20(26)4-3-11-31(27,28)16-7-5-15(29-2)6-8-16/h5-8H,3-4,9-11,13H2,1-2H3,(H,23,26). The molecule has 2 aromatic rings. The second-order valence-corrected chi connectivity index (χ2v) is 10.4. The molecule has 1 aromatic carbocycles. The zero-order valence-corrected chi connectivity index (χ0v) is 18.9. The highest BCUT2D eigenvalue weighted by Crippen LogP contribution is 2.36. The summed E-state index contributed by atoms with van der Waals surface area (Å²) >= 11 is 1.30.